The van der Waals surface area contributed by atoms with Crippen LogP contribution in [0.3, 0.4) is 0 Å². The van der Waals surface area contributed by atoms with Gasteiger partial charge in [0, 0.05) is 29.5 Å². The maximum Gasteiger partial charge on any atom is 0.137 e. The number of nitrogens with zero attached hydrogens (tertiary/aromatic N) is 2. The van der Waals surface area contributed by atoms with Crippen LogP contribution < -0.4 is 0 Å². The Hall–Kier alpha value is -2.20. The van der Waals surface area contributed by atoms with E-state index in [1.165, 1.54) is 11.1 Å². The van der Waals surface area contributed by atoms with Gasteiger partial charge in [0.15, 0.2) is 0 Å². The molecule has 0 atom stereocenters. The number of aromatic nitrogens is 3. The third-order valence-electron chi connectivity index (χ3n) is 3.59. The lowest BCUT2D eigenvalue weighted by molar-refractivity contribution is 0.110. The lowest BCUT2D eigenvalue weighted by Crippen LogP contribution is -2.10. The predicted octanol–water partition coefficient (Wildman–Crippen LogP) is 2.70. The zero-order chi connectivity index (χ0) is 12.7. The molecule has 4 heteroatoms. The fourth-order valence-corrected chi connectivity index (χ4v) is 2.58. The predicted molar refractivity (Wildman–Crippen MR) is 72.7 cm³/mol. The molecule has 0 bridgehead atoms. The van der Waals surface area contributed by atoms with Gasteiger partial charge in [0.05, 0.1) is 18.9 Å². The number of hydrogen-bond acceptors (Lipinski definition) is 3. The maximum atomic E-state index is 5.44. The van der Waals surface area contributed by atoms with Crippen LogP contribution in [0.15, 0.2) is 36.8 Å². The zero-order valence-corrected chi connectivity index (χ0v) is 10.4. The van der Waals surface area contributed by atoms with Gasteiger partial charge in [-0.05, 0) is 35.7 Å². The van der Waals surface area contributed by atoms with Crippen LogP contribution >= 0.6 is 0 Å². The summed E-state index contributed by atoms with van der Waals surface area (Å²) < 4.78 is 5.44. The van der Waals surface area contributed by atoms with Crippen LogP contribution in [-0.2, 0) is 17.8 Å². The molecule has 3 aromatic rings. The summed E-state index contributed by atoms with van der Waals surface area (Å²) in [6.45, 7) is 1.48. The van der Waals surface area contributed by atoms with E-state index in [9.17, 15) is 0 Å². The first-order valence-corrected chi connectivity index (χ1v) is 6.40. The van der Waals surface area contributed by atoms with Crippen molar-refractivity contribution >= 4 is 11.0 Å². The van der Waals surface area contributed by atoms with Gasteiger partial charge in [0.2, 0.25) is 0 Å². The summed E-state index contributed by atoms with van der Waals surface area (Å²) in [6.07, 6.45) is 6.63. The molecule has 0 saturated heterocycles. The normalized spacial score (nSPS) is 14.5. The highest BCUT2D eigenvalue weighted by Crippen LogP contribution is 2.27. The Labute approximate surface area is 110 Å². The van der Waals surface area contributed by atoms with Crippen molar-refractivity contribution in [1.82, 2.24) is 15.0 Å². The van der Waals surface area contributed by atoms with Crippen molar-refractivity contribution in [2.24, 2.45) is 0 Å². The first kappa shape index (κ1) is 10.7. The van der Waals surface area contributed by atoms with Gasteiger partial charge in [0.25, 0.3) is 0 Å². The van der Waals surface area contributed by atoms with Crippen molar-refractivity contribution < 1.29 is 4.74 Å². The van der Waals surface area contributed by atoms with Gasteiger partial charge in [-0.2, -0.15) is 0 Å². The van der Waals surface area contributed by atoms with E-state index < -0.39 is 0 Å². The highest BCUT2D eigenvalue weighted by Gasteiger charge is 2.13. The van der Waals surface area contributed by atoms with Gasteiger partial charge in [-0.25, -0.2) is 4.98 Å². The molecular formula is C15H13N3O. The molecule has 94 valence electrons. The maximum absolute atomic E-state index is 5.44. The first-order chi connectivity index (χ1) is 9.42. The Morgan fingerprint density at radius 3 is 3.16 bits per heavy atom. The van der Waals surface area contributed by atoms with E-state index in [0.29, 0.717) is 6.61 Å². The number of H-pyrrole nitrogens is 1. The van der Waals surface area contributed by atoms with Crippen LogP contribution in [0.5, 0.6) is 0 Å². The Kier molecular flexibility index (Phi) is 2.35. The molecule has 4 nitrogen and oxygen atoms in total. The molecule has 0 saturated carbocycles. The lowest BCUT2D eigenvalue weighted by Gasteiger charge is -2.16. The van der Waals surface area contributed by atoms with Crippen LogP contribution in [0.2, 0.25) is 0 Å². The summed E-state index contributed by atoms with van der Waals surface area (Å²) in [5.74, 6) is 0. The molecule has 4 rings (SSSR count). The molecule has 1 aliphatic rings. The molecule has 19 heavy (non-hydrogen) atoms. The third-order valence-corrected chi connectivity index (χ3v) is 3.59. The number of ether oxygens (including phenoxy) is 1. The molecule has 0 unspecified atom stereocenters. The second-order valence-electron chi connectivity index (χ2n) is 4.74. The monoisotopic (exact) mass is 251 g/mol. The molecule has 0 aromatic carbocycles. The van der Waals surface area contributed by atoms with E-state index in [1.807, 2.05) is 30.7 Å². The molecule has 0 aliphatic carbocycles. The van der Waals surface area contributed by atoms with Gasteiger partial charge in [-0.15, -0.1) is 0 Å². The van der Waals surface area contributed by atoms with Crippen LogP contribution in [0.4, 0.5) is 0 Å². The largest absolute Gasteiger partial charge is 0.376 e. The van der Waals surface area contributed by atoms with Crippen molar-refractivity contribution in [3.8, 4) is 11.3 Å². The molecule has 4 heterocycles. The first-order valence-electron chi connectivity index (χ1n) is 6.40. The molecule has 0 fully saturated rings. The molecule has 3 aromatic heterocycles. The number of rotatable bonds is 1. The summed E-state index contributed by atoms with van der Waals surface area (Å²) in [5.41, 5.74) is 5.58. The average molecular weight is 251 g/mol. The van der Waals surface area contributed by atoms with E-state index >= 15 is 0 Å². The summed E-state index contributed by atoms with van der Waals surface area (Å²) in [6, 6.07) is 6.24. The van der Waals surface area contributed by atoms with Crippen molar-refractivity contribution in [2.75, 3.05) is 6.61 Å². The summed E-state index contributed by atoms with van der Waals surface area (Å²) >= 11 is 0. The number of pyridine rings is 2. The second kappa shape index (κ2) is 4.17. The van der Waals surface area contributed by atoms with Crippen LogP contribution in [-0.4, -0.2) is 21.6 Å². The van der Waals surface area contributed by atoms with Crippen molar-refractivity contribution in [1.29, 1.82) is 0 Å². The van der Waals surface area contributed by atoms with E-state index in [1.54, 1.807) is 0 Å². The van der Waals surface area contributed by atoms with Crippen molar-refractivity contribution in [3.05, 3.63) is 47.9 Å². The summed E-state index contributed by atoms with van der Waals surface area (Å²) in [7, 11) is 0. The molecule has 0 spiro atoms. The van der Waals surface area contributed by atoms with Gasteiger partial charge in [0.1, 0.15) is 5.65 Å². The van der Waals surface area contributed by atoms with Crippen LogP contribution in [0.1, 0.15) is 11.1 Å². The van der Waals surface area contributed by atoms with Gasteiger partial charge in [-0.3, -0.25) is 4.98 Å². The van der Waals surface area contributed by atoms with Gasteiger partial charge < -0.3 is 9.72 Å². The van der Waals surface area contributed by atoms with Gasteiger partial charge in [-0.1, -0.05) is 0 Å². The molecule has 1 aliphatic heterocycles. The van der Waals surface area contributed by atoms with Crippen molar-refractivity contribution in [3.63, 3.8) is 0 Å². The van der Waals surface area contributed by atoms with Gasteiger partial charge >= 0.3 is 0 Å². The quantitative estimate of drug-likeness (QED) is 0.723. The van der Waals surface area contributed by atoms with E-state index in [2.05, 4.69) is 21.0 Å². The minimum absolute atomic E-state index is 0.679. The van der Waals surface area contributed by atoms with Crippen LogP contribution in [0, 0.1) is 0 Å². The number of nitrogens with one attached hydrogen (secondary N) is 1. The summed E-state index contributed by atoms with van der Waals surface area (Å²) in [5, 5.41) is 1.11. The Morgan fingerprint density at radius 2 is 2.16 bits per heavy atom. The lowest BCUT2D eigenvalue weighted by atomic mass is 10.0. The highest BCUT2D eigenvalue weighted by molar-refractivity contribution is 5.91. The van der Waals surface area contributed by atoms with E-state index in [0.717, 1.165) is 35.3 Å². The fraction of sp³-hybridized carbons (Fsp3) is 0.200. The zero-order valence-electron chi connectivity index (χ0n) is 10.4. The molecular weight excluding hydrogens is 238 g/mol. The second-order valence-corrected chi connectivity index (χ2v) is 4.74. The van der Waals surface area contributed by atoms with E-state index in [-0.39, 0.29) is 0 Å². The van der Waals surface area contributed by atoms with E-state index in [4.69, 9.17) is 4.74 Å². The standard InChI is InChI=1S/C15H13N3O/c1-4-16-15-13(2-5-17-15)12(1)14-7-10-3-6-19-9-11(10)8-18-14/h1-2,4-5,7-8H,3,6,9H2,(H,16,17). The highest BCUT2D eigenvalue weighted by atomic mass is 16.5. The SMILES string of the molecule is c1cc(-c2cc3c(cn2)COCC3)c2cc[nH]c2n1. The molecule has 1 N–H and O–H groups in total. The number of fused-ring (bicyclic) bond motifs is 2. The summed E-state index contributed by atoms with van der Waals surface area (Å²) in [4.78, 5) is 12.0. The molecule has 0 amide bonds. The number of aromatic amines is 1. The minimum Gasteiger partial charge on any atom is -0.376 e. The van der Waals surface area contributed by atoms with Crippen molar-refractivity contribution in [2.45, 2.75) is 13.0 Å². The number of hydrogen-bond donors (Lipinski definition) is 1. The Morgan fingerprint density at radius 1 is 1.16 bits per heavy atom. The smallest absolute Gasteiger partial charge is 0.137 e. The fourth-order valence-electron chi connectivity index (χ4n) is 2.58. The minimum atomic E-state index is 0.679. The third kappa shape index (κ3) is 1.72. The van der Waals surface area contributed by atoms with Crippen LogP contribution in [0.25, 0.3) is 22.3 Å². The average Bonchev–Trinajstić information content (AvgIpc) is 2.95. The Balaban J connectivity index is 1.90. The Bertz CT molecular complexity index is 748. The topological polar surface area (TPSA) is 50.8 Å². The molecule has 0 radical (unpaired) electrons.